The van der Waals surface area contributed by atoms with Crippen molar-refractivity contribution in [2.75, 3.05) is 16.7 Å². The van der Waals surface area contributed by atoms with Crippen LogP contribution in [0.5, 0.6) is 0 Å². The fourth-order valence-electron chi connectivity index (χ4n) is 2.81. The Kier molecular flexibility index (Phi) is 5.96. The van der Waals surface area contributed by atoms with Crippen molar-refractivity contribution in [2.24, 2.45) is 0 Å². The highest BCUT2D eigenvalue weighted by molar-refractivity contribution is 7.92. The Balaban J connectivity index is 1.79. The number of sulfonamides is 1. The highest BCUT2D eigenvalue weighted by atomic mass is 35.5. The molecule has 7 heteroatoms. The molecular weight excluding hydrogens is 408 g/mol. The van der Waals surface area contributed by atoms with Gasteiger partial charge in [-0.2, -0.15) is 0 Å². The van der Waals surface area contributed by atoms with Crippen LogP contribution in [0.1, 0.15) is 21.5 Å². The first-order valence-corrected chi connectivity index (χ1v) is 10.7. The van der Waals surface area contributed by atoms with Gasteiger partial charge in [0.15, 0.2) is 0 Å². The van der Waals surface area contributed by atoms with Crippen molar-refractivity contribution in [3.05, 3.63) is 88.4 Å². The Morgan fingerprint density at radius 2 is 1.55 bits per heavy atom. The molecule has 0 aliphatic carbocycles. The number of benzene rings is 3. The summed E-state index contributed by atoms with van der Waals surface area (Å²) in [5, 5.41) is 3.36. The Morgan fingerprint density at radius 1 is 0.931 bits per heavy atom. The highest BCUT2D eigenvalue weighted by Crippen LogP contribution is 2.24. The van der Waals surface area contributed by atoms with Crippen LogP contribution in [-0.4, -0.2) is 21.4 Å². The lowest BCUT2D eigenvalue weighted by Gasteiger charge is -2.20. The summed E-state index contributed by atoms with van der Waals surface area (Å²) in [7, 11) is -2.26. The molecule has 1 N–H and O–H groups in total. The Bertz CT molecular complexity index is 1140. The maximum Gasteiger partial charge on any atom is 0.264 e. The molecule has 150 valence electrons. The molecule has 1 amide bonds. The van der Waals surface area contributed by atoms with E-state index in [1.54, 1.807) is 24.3 Å². The molecule has 0 aromatic heterocycles. The lowest BCUT2D eigenvalue weighted by molar-refractivity contribution is 0.102. The summed E-state index contributed by atoms with van der Waals surface area (Å²) in [5.74, 6) is -0.256. The number of carbonyl (C=O) groups is 1. The van der Waals surface area contributed by atoms with Crippen LogP contribution in [0, 0.1) is 13.8 Å². The molecule has 0 heterocycles. The fraction of sp³-hybridized carbons (Fsp3) is 0.136. The SMILES string of the molecule is Cc1cccc(NC(=O)c2ccc(N(C)S(=O)(=O)c3ccc(Cl)cc3)cc2)c1C. The van der Waals surface area contributed by atoms with Gasteiger partial charge in [-0.3, -0.25) is 9.10 Å². The largest absolute Gasteiger partial charge is 0.322 e. The van der Waals surface area contributed by atoms with Gasteiger partial charge in [0.2, 0.25) is 0 Å². The van der Waals surface area contributed by atoms with E-state index < -0.39 is 10.0 Å². The minimum Gasteiger partial charge on any atom is -0.322 e. The number of hydrogen-bond donors (Lipinski definition) is 1. The van der Waals surface area contributed by atoms with Gasteiger partial charge in [-0.1, -0.05) is 23.7 Å². The molecule has 0 saturated heterocycles. The first kappa shape index (κ1) is 20.9. The number of carbonyl (C=O) groups excluding carboxylic acids is 1. The van der Waals surface area contributed by atoms with Crippen LogP contribution >= 0.6 is 11.6 Å². The Hall–Kier alpha value is -2.83. The molecular formula is C22H21ClN2O3S. The van der Waals surface area contributed by atoms with Crippen LogP contribution in [0.15, 0.2) is 71.6 Å². The van der Waals surface area contributed by atoms with Gasteiger partial charge in [-0.15, -0.1) is 0 Å². The number of aryl methyl sites for hydroxylation is 1. The summed E-state index contributed by atoms with van der Waals surface area (Å²) in [6.45, 7) is 3.93. The quantitative estimate of drug-likeness (QED) is 0.619. The maximum atomic E-state index is 12.8. The van der Waals surface area contributed by atoms with Crippen molar-refractivity contribution in [3.8, 4) is 0 Å². The fourth-order valence-corrected chi connectivity index (χ4v) is 4.13. The summed E-state index contributed by atoms with van der Waals surface area (Å²) < 4.78 is 26.7. The predicted molar refractivity (Wildman–Crippen MR) is 117 cm³/mol. The predicted octanol–water partition coefficient (Wildman–Crippen LogP) is 5.03. The first-order chi connectivity index (χ1) is 13.7. The van der Waals surface area contributed by atoms with Crippen molar-refractivity contribution >= 4 is 38.9 Å². The molecule has 0 bridgehead atoms. The molecule has 0 spiro atoms. The third kappa shape index (κ3) is 4.44. The Morgan fingerprint density at radius 3 is 2.17 bits per heavy atom. The van der Waals surface area contributed by atoms with Crippen LogP contribution in [0.25, 0.3) is 0 Å². The smallest absolute Gasteiger partial charge is 0.264 e. The van der Waals surface area contributed by atoms with Gasteiger partial charge < -0.3 is 5.32 Å². The number of amides is 1. The molecule has 3 aromatic carbocycles. The summed E-state index contributed by atoms with van der Waals surface area (Å²) >= 11 is 5.84. The number of anilines is 2. The third-order valence-electron chi connectivity index (χ3n) is 4.82. The average molecular weight is 429 g/mol. The normalized spacial score (nSPS) is 11.2. The van der Waals surface area contributed by atoms with Crippen molar-refractivity contribution in [2.45, 2.75) is 18.7 Å². The summed E-state index contributed by atoms with van der Waals surface area (Å²) in [6.07, 6.45) is 0. The standard InChI is InChI=1S/C22H21ClN2O3S/c1-15-5-4-6-21(16(15)2)24-22(26)17-7-11-19(12-8-17)25(3)29(27,28)20-13-9-18(23)10-14-20/h4-14H,1-3H3,(H,24,26). The molecule has 3 aromatic rings. The molecule has 0 saturated carbocycles. The molecule has 29 heavy (non-hydrogen) atoms. The topological polar surface area (TPSA) is 66.5 Å². The zero-order valence-electron chi connectivity index (χ0n) is 16.3. The summed E-state index contributed by atoms with van der Waals surface area (Å²) in [6, 6.07) is 18.1. The van der Waals surface area contributed by atoms with E-state index in [0.29, 0.717) is 16.3 Å². The van der Waals surface area contributed by atoms with Gasteiger partial charge in [0.05, 0.1) is 10.6 Å². The minimum absolute atomic E-state index is 0.140. The molecule has 0 fully saturated rings. The van der Waals surface area contributed by atoms with E-state index in [0.717, 1.165) is 16.8 Å². The van der Waals surface area contributed by atoms with Crippen LogP contribution < -0.4 is 9.62 Å². The number of rotatable bonds is 5. The van der Waals surface area contributed by atoms with E-state index in [9.17, 15) is 13.2 Å². The van der Waals surface area contributed by atoms with E-state index in [1.165, 1.54) is 35.6 Å². The van der Waals surface area contributed by atoms with Crippen LogP contribution in [0.3, 0.4) is 0 Å². The van der Waals surface area contributed by atoms with E-state index in [4.69, 9.17) is 11.6 Å². The second-order valence-electron chi connectivity index (χ2n) is 6.67. The van der Waals surface area contributed by atoms with Gasteiger partial charge in [0.1, 0.15) is 0 Å². The van der Waals surface area contributed by atoms with Gasteiger partial charge >= 0.3 is 0 Å². The monoisotopic (exact) mass is 428 g/mol. The zero-order chi connectivity index (χ0) is 21.2. The Labute approximate surface area is 176 Å². The van der Waals surface area contributed by atoms with Crippen molar-refractivity contribution < 1.29 is 13.2 Å². The lowest BCUT2D eigenvalue weighted by atomic mass is 10.1. The molecule has 0 radical (unpaired) electrons. The minimum atomic E-state index is -3.73. The summed E-state index contributed by atoms with van der Waals surface area (Å²) in [5.41, 5.74) is 3.73. The van der Waals surface area contributed by atoms with E-state index in [2.05, 4.69) is 5.32 Å². The van der Waals surface area contributed by atoms with E-state index in [1.807, 2.05) is 32.0 Å². The molecule has 0 aliphatic heterocycles. The number of nitrogens with zero attached hydrogens (tertiary/aromatic N) is 1. The van der Waals surface area contributed by atoms with Crippen LogP contribution in [0.4, 0.5) is 11.4 Å². The zero-order valence-corrected chi connectivity index (χ0v) is 17.9. The van der Waals surface area contributed by atoms with Gasteiger partial charge in [0.25, 0.3) is 15.9 Å². The number of halogens is 1. The summed E-state index contributed by atoms with van der Waals surface area (Å²) in [4.78, 5) is 12.7. The van der Waals surface area contributed by atoms with Crippen molar-refractivity contribution in [3.63, 3.8) is 0 Å². The van der Waals surface area contributed by atoms with E-state index in [-0.39, 0.29) is 10.8 Å². The number of nitrogens with one attached hydrogen (secondary N) is 1. The van der Waals surface area contributed by atoms with Crippen molar-refractivity contribution in [1.82, 2.24) is 0 Å². The van der Waals surface area contributed by atoms with Crippen LogP contribution in [-0.2, 0) is 10.0 Å². The second kappa shape index (κ2) is 8.27. The van der Waals surface area contributed by atoms with Crippen LogP contribution in [0.2, 0.25) is 5.02 Å². The second-order valence-corrected chi connectivity index (χ2v) is 9.08. The van der Waals surface area contributed by atoms with Gasteiger partial charge in [-0.25, -0.2) is 8.42 Å². The average Bonchev–Trinajstić information content (AvgIpc) is 2.71. The molecule has 5 nitrogen and oxygen atoms in total. The highest BCUT2D eigenvalue weighted by Gasteiger charge is 2.21. The molecule has 0 atom stereocenters. The lowest BCUT2D eigenvalue weighted by Crippen LogP contribution is -2.26. The van der Waals surface area contributed by atoms with Gasteiger partial charge in [-0.05, 0) is 79.6 Å². The van der Waals surface area contributed by atoms with Crippen molar-refractivity contribution in [1.29, 1.82) is 0 Å². The first-order valence-electron chi connectivity index (χ1n) is 8.92. The number of hydrogen-bond acceptors (Lipinski definition) is 3. The maximum absolute atomic E-state index is 12.8. The molecule has 0 unspecified atom stereocenters. The molecule has 0 aliphatic rings. The van der Waals surface area contributed by atoms with E-state index >= 15 is 0 Å². The third-order valence-corrected chi connectivity index (χ3v) is 6.87. The van der Waals surface area contributed by atoms with Gasteiger partial charge in [0, 0.05) is 23.3 Å². The molecule has 3 rings (SSSR count).